The monoisotopic (exact) mass is 482 g/mol. The quantitative estimate of drug-likeness (QED) is 0.468. The van der Waals surface area contributed by atoms with Gasteiger partial charge < -0.3 is 25.8 Å². The highest BCUT2D eigenvalue weighted by atomic mass is 16.5. The minimum atomic E-state index is -0.693. The molecule has 1 saturated heterocycles. The van der Waals surface area contributed by atoms with E-state index in [0.717, 1.165) is 12.8 Å². The maximum atomic E-state index is 12.8. The van der Waals surface area contributed by atoms with Gasteiger partial charge in [-0.15, -0.1) is 0 Å². The van der Waals surface area contributed by atoms with Crippen molar-refractivity contribution in [3.05, 3.63) is 36.0 Å². The van der Waals surface area contributed by atoms with E-state index >= 15 is 0 Å². The van der Waals surface area contributed by atoms with Crippen LogP contribution in [-0.2, 0) is 12.5 Å². The van der Waals surface area contributed by atoms with E-state index < -0.39 is 11.8 Å². The van der Waals surface area contributed by atoms with Crippen LogP contribution in [0.2, 0.25) is 0 Å². The molecule has 35 heavy (non-hydrogen) atoms. The van der Waals surface area contributed by atoms with Gasteiger partial charge in [-0.1, -0.05) is 25.9 Å². The molecule has 1 aliphatic heterocycles. The molecule has 0 bridgehead atoms. The predicted molar refractivity (Wildman–Crippen MR) is 127 cm³/mol. The second-order valence-electron chi connectivity index (χ2n) is 9.65. The first kappa shape index (κ1) is 24.1. The lowest BCUT2D eigenvalue weighted by Gasteiger charge is -2.40. The lowest BCUT2D eigenvalue weighted by atomic mass is 9.97. The van der Waals surface area contributed by atoms with Crippen molar-refractivity contribution in [3.63, 3.8) is 0 Å². The number of nitrogens with two attached hydrogens (primary N) is 1. The fourth-order valence-electron chi connectivity index (χ4n) is 3.92. The van der Waals surface area contributed by atoms with E-state index in [1.54, 1.807) is 24.1 Å². The Labute approximate surface area is 202 Å². The predicted octanol–water partition coefficient (Wildman–Crippen LogP) is 1.52. The molecule has 0 unspecified atom stereocenters. The number of rotatable bonds is 6. The maximum absolute atomic E-state index is 12.8. The molecule has 2 amide bonds. The number of nitrogens with one attached hydrogen (secondary N) is 2. The molecular formula is C22H30N10O3. The van der Waals surface area contributed by atoms with Crippen LogP contribution in [0.4, 0.5) is 17.3 Å². The van der Waals surface area contributed by atoms with E-state index in [1.807, 2.05) is 32.6 Å². The molecule has 186 valence electrons. The fraction of sp³-hybridized carbons (Fsp3) is 0.500. The molecule has 0 radical (unpaired) electrons. The van der Waals surface area contributed by atoms with Gasteiger partial charge in [0.2, 0.25) is 5.89 Å². The van der Waals surface area contributed by atoms with Crippen LogP contribution >= 0.6 is 0 Å². The van der Waals surface area contributed by atoms with Gasteiger partial charge in [-0.05, 0) is 19.8 Å². The zero-order chi connectivity index (χ0) is 25.3. The number of nitrogens with zero attached hydrogens (tertiary/aromatic N) is 7. The lowest BCUT2D eigenvalue weighted by molar-refractivity contribution is 0.0910. The third kappa shape index (κ3) is 5.23. The average Bonchev–Trinajstić information content (AvgIpc) is 3.44. The molecule has 2 atom stereocenters. The Morgan fingerprint density at radius 2 is 2.00 bits per heavy atom. The van der Waals surface area contributed by atoms with Crippen LogP contribution in [0.25, 0.3) is 0 Å². The molecule has 0 spiro atoms. The smallest absolute Gasteiger partial charge is 0.292 e. The lowest BCUT2D eigenvalue weighted by Crippen LogP contribution is -2.54. The minimum absolute atomic E-state index is 0.00723. The van der Waals surface area contributed by atoms with Crippen molar-refractivity contribution in [1.82, 2.24) is 35.2 Å². The van der Waals surface area contributed by atoms with Crippen molar-refractivity contribution in [2.24, 2.45) is 12.8 Å². The number of piperidine rings is 1. The van der Waals surface area contributed by atoms with Crippen molar-refractivity contribution in [2.45, 2.75) is 58.0 Å². The van der Waals surface area contributed by atoms with Crippen molar-refractivity contribution in [2.75, 3.05) is 16.8 Å². The summed E-state index contributed by atoms with van der Waals surface area (Å²) in [6.07, 6.45) is 6.47. The second-order valence-corrected chi connectivity index (χ2v) is 9.65. The van der Waals surface area contributed by atoms with E-state index in [1.165, 1.54) is 6.20 Å². The molecule has 13 heteroatoms. The van der Waals surface area contributed by atoms with Crippen molar-refractivity contribution < 1.29 is 14.1 Å². The van der Waals surface area contributed by atoms with Gasteiger partial charge in [0.05, 0.1) is 18.1 Å². The summed E-state index contributed by atoms with van der Waals surface area (Å²) < 4.78 is 6.87. The molecule has 4 rings (SSSR count). The Hall–Kier alpha value is -4.03. The van der Waals surface area contributed by atoms with Crippen LogP contribution in [-0.4, -0.2) is 60.3 Å². The molecule has 13 nitrogen and oxygen atoms in total. The van der Waals surface area contributed by atoms with Crippen molar-refractivity contribution in [3.8, 4) is 0 Å². The molecule has 1 aliphatic rings. The standard InChI is InChI=1S/C22H30N10O3/c1-12-14(27-20(34)19-29-21(35-30-19)22(2,3)4)7-6-8-32(12)15-10-24-16(17(23)33)18(28-15)26-13-9-25-31(5)11-13/h9-12,14H,6-8H2,1-5H3,(H2,23,33)(H,26,28)(H,27,34)/t12-,14-/m1/s1. The summed E-state index contributed by atoms with van der Waals surface area (Å²) in [5.74, 6) is 0.122. The topological polar surface area (TPSA) is 170 Å². The first-order valence-electron chi connectivity index (χ1n) is 11.4. The Morgan fingerprint density at radius 1 is 1.23 bits per heavy atom. The number of aryl methyl sites for hydroxylation is 1. The highest BCUT2D eigenvalue weighted by Crippen LogP contribution is 2.27. The third-order valence-corrected chi connectivity index (χ3v) is 5.83. The summed E-state index contributed by atoms with van der Waals surface area (Å²) in [4.78, 5) is 39.9. The third-order valence-electron chi connectivity index (χ3n) is 5.83. The zero-order valence-corrected chi connectivity index (χ0v) is 20.4. The molecule has 4 heterocycles. The highest BCUT2D eigenvalue weighted by Gasteiger charge is 2.32. The Morgan fingerprint density at radius 3 is 2.63 bits per heavy atom. The number of aromatic nitrogens is 6. The first-order valence-corrected chi connectivity index (χ1v) is 11.4. The van der Waals surface area contributed by atoms with Crippen LogP contribution in [0.15, 0.2) is 23.1 Å². The van der Waals surface area contributed by atoms with Gasteiger partial charge in [0, 0.05) is 37.3 Å². The summed E-state index contributed by atoms with van der Waals surface area (Å²) >= 11 is 0. The number of hydrogen-bond acceptors (Lipinski definition) is 10. The van der Waals surface area contributed by atoms with E-state index in [9.17, 15) is 9.59 Å². The Kier molecular flexibility index (Phi) is 6.41. The Balaban J connectivity index is 1.53. The number of primary amides is 1. The van der Waals surface area contributed by atoms with Crippen molar-refractivity contribution in [1.29, 1.82) is 0 Å². The van der Waals surface area contributed by atoms with Gasteiger partial charge in [-0.25, -0.2) is 9.97 Å². The first-order chi connectivity index (χ1) is 16.5. The van der Waals surface area contributed by atoms with E-state index in [4.69, 9.17) is 10.3 Å². The maximum Gasteiger partial charge on any atom is 0.292 e. The number of hydrogen-bond donors (Lipinski definition) is 3. The second kappa shape index (κ2) is 9.31. The largest absolute Gasteiger partial charge is 0.364 e. The molecule has 3 aromatic heterocycles. The number of carbonyl (C=O) groups is 2. The van der Waals surface area contributed by atoms with Crippen LogP contribution in [0, 0.1) is 0 Å². The van der Waals surface area contributed by atoms with Gasteiger partial charge in [-0.3, -0.25) is 14.3 Å². The number of anilines is 3. The van der Waals surface area contributed by atoms with Crippen LogP contribution in [0.3, 0.4) is 0 Å². The summed E-state index contributed by atoms with van der Waals surface area (Å²) in [6, 6.07) is -0.290. The zero-order valence-electron chi connectivity index (χ0n) is 20.4. The van der Waals surface area contributed by atoms with Gasteiger partial charge in [0.1, 0.15) is 5.82 Å². The number of carbonyl (C=O) groups excluding carboxylic acids is 2. The molecular weight excluding hydrogens is 452 g/mol. The molecule has 0 aliphatic carbocycles. The summed E-state index contributed by atoms with van der Waals surface area (Å²) in [6.45, 7) is 8.52. The molecule has 0 aromatic carbocycles. The van der Waals surface area contributed by atoms with Gasteiger partial charge >= 0.3 is 0 Å². The summed E-state index contributed by atoms with van der Waals surface area (Å²) in [5.41, 5.74) is 5.83. The summed E-state index contributed by atoms with van der Waals surface area (Å²) in [5, 5.41) is 14.0. The Bertz CT molecular complexity index is 1230. The van der Waals surface area contributed by atoms with Crippen molar-refractivity contribution >= 4 is 29.1 Å². The highest BCUT2D eigenvalue weighted by molar-refractivity contribution is 5.96. The van der Waals surface area contributed by atoms with Crippen LogP contribution in [0.1, 0.15) is 67.5 Å². The van der Waals surface area contributed by atoms with Gasteiger partial charge in [0.15, 0.2) is 11.5 Å². The summed E-state index contributed by atoms with van der Waals surface area (Å²) in [7, 11) is 1.78. The van der Waals surface area contributed by atoms with Crippen LogP contribution in [0.5, 0.6) is 0 Å². The molecule has 0 saturated carbocycles. The fourth-order valence-corrected chi connectivity index (χ4v) is 3.92. The van der Waals surface area contributed by atoms with Gasteiger partial charge in [0.25, 0.3) is 17.6 Å². The van der Waals surface area contributed by atoms with E-state index in [0.29, 0.717) is 23.9 Å². The SMILES string of the molecule is C[C@@H]1[C@H](NC(=O)c2noc(C(C)(C)C)n2)CCCN1c1cnc(C(N)=O)c(Nc2cnn(C)c2)n1. The normalized spacial score (nSPS) is 18.4. The van der Waals surface area contributed by atoms with Gasteiger partial charge in [-0.2, -0.15) is 10.1 Å². The average molecular weight is 483 g/mol. The van der Waals surface area contributed by atoms with E-state index in [2.05, 4.69) is 35.8 Å². The minimum Gasteiger partial charge on any atom is -0.364 e. The number of amides is 2. The van der Waals surface area contributed by atoms with E-state index in [-0.39, 0.29) is 34.8 Å². The molecule has 3 aromatic rings. The molecule has 4 N–H and O–H groups in total. The van der Waals surface area contributed by atoms with Crippen LogP contribution < -0.4 is 21.3 Å². The molecule has 1 fully saturated rings.